The number of rotatable bonds is 4. The summed E-state index contributed by atoms with van der Waals surface area (Å²) in [6, 6.07) is 3.46. The molecule has 0 radical (unpaired) electrons. The van der Waals surface area contributed by atoms with Crippen LogP contribution in [0.25, 0.3) is 0 Å². The average molecular weight is 453 g/mol. The number of amides is 1. The van der Waals surface area contributed by atoms with Crippen LogP contribution in [0.15, 0.2) is 28.7 Å². The fourth-order valence-corrected chi connectivity index (χ4v) is 2.35. The summed E-state index contributed by atoms with van der Waals surface area (Å²) in [5.41, 5.74) is -1.84. The number of nitrogens with one attached hydrogen (secondary N) is 1. The van der Waals surface area contributed by atoms with Gasteiger partial charge >= 0.3 is 6.18 Å². The monoisotopic (exact) mass is 452 g/mol. The third-order valence-electron chi connectivity index (χ3n) is 3.09. The second-order valence-corrected chi connectivity index (χ2v) is 5.78. The zero-order chi connectivity index (χ0) is 20.4. The minimum Gasteiger partial charge on any atom is -0.448 e. The smallest absolute Gasteiger partial charge is 0.416 e. The zero-order valence-corrected chi connectivity index (χ0v) is 14.5. The van der Waals surface area contributed by atoms with Gasteiger partial charge in [0.15, 0.2) is 23.1 Å². The average Bonchev–Trinajstić information content (AvgIpc) is 2.55. The van der Waals surface area contributed by atoms with Gasteiger partial charge in [0.1, 0.15) is 12.2 Å². The molecular formula is C16H7BrF6N2O2. The molecule has 0 heterocycles. The highest BCUT2D eigenvalue weighted by Crippen LogP contribution is 2.41. The lowest BCUT2D eigenvalue weighted by Crippen LogP contribution is -2.12. The number of hydrogen-bond donors (Lipinski definition) is 1. The van der Waals surface area contributed by atoms with E-state index in [-0.39, 0.29) is 17.8 Å². The van der Waals surface area contributed by atoms with Gasteiger partial charge in [0, 0.05) is 0 Å². The van der Waals surface area contributed by atoms with Gasteiger partial charge in [0.2, 0.25) is 5.91 Å². The van der Waals surface area contributed by atoms with Gasteiger partial charge in [-0.3, -0.25) is 4.79 Å². The number of hydrogen-bond acceptors (Lipinski definition) is 3. The Morgan fingerprint density at radius 2 is 1.70 bits per heavy atom. The van der Waals surface area contributed by atoms with Crippen LogP contribution in [0.2, 0.25) is 0 Å². The maximum atomic E-state index is 14.0. The van der Waals surface area contributed by atoms with Gasteiger partial charge in [0.25, 0.3) is 0 Å². The molecule has 0 bridgehead atoms. The molecule has 0 aliphatic heterocycles. The van der Waals surface area contributed by atoms with E-state index in [9.17, 15) is 31.1 Å². The lowest BCUT2D eigenvalue weighted by Gasteiger charge is -2.16. The Labute approximate surface area is 156 Å². The molecule has 2 aromatic carbocycles. The topological polar surface area (TPSA) is 62.1 Å². The molecule has 0 atom stereocenters. The number of alkyl halides is 3. The molecule has 0 spiro atoms. The first-order valence-electron chi connectivity index (χ1n) is 6.93. The number of nitriles is 1. The first kappa shape index (κ1) is 20.6. The Bertz CT molecular complexity index is 917. The third kappa shape index (κ3) is 4.71. The SMILES string of the molecule is N#CCC(=O)Nc1ccc(F)c(Br)c1Oc1c(F)cc(C(F)(F)F)cc1F. The molecule has 0 fully saturated rings. The van der Waals surface area contributed by atoms with Crippen LogP contribution < -0.4 is 10.1 Å². The van der Waals surface area contributed by atoms with Gasteiger partial charge in [-0.05, 0) is 40.2 Å². The van der Waals surface area contributed by atoms with Crippen molar-refractivity contribution >= 4 is 27.5 Å². The number of halogens is 7. The summed E-state index contributed by atoms with van der Waals surface area (Å²) in [5, 5.41) is 10.6. The van der Waals surface area contributed by atoms with Crippen LogP contribution in [-0.2, 0) is 11.0 Å². The summed E-state index contributed by atoms with van der Waals surface area (Å²) in [6.07, 6.45) is -5.56. The summed E-state index contributed by atoms with van der Waals surface area (Å²) in [7, 11) is 0. The summed E-state index contributed by atoms with van der Waals surface area (Å²) in [4.78, 5) is 11.5. The lowest BCUT2D eigenvalue weighted by molar-refractivity contribution is -0.138. The van der Waals surface area contributed by atoms with Crippen molar-refractivity contribution in [3.05, 3.63) is 51.8 Å². The maximum absolute atomic E-state index is 14.0. The van der Waals surface area contributed by atoms with Gasteiger partial charge in [-0.25, -0.2) is 13.2 Å². The Kier molecular flexibility index (Phi) is 6.00. The molecule has 142 valence electrons. The molecule has 1 amide bonds. The first-order chi connectivity index (χ1) is 12.5. The van der Waals surface area contributed by atoms with Crippen molar-refractivity contribution in [2.75, 3.05) is 5.32 Å². The first-order valence-corrected chi connectivity index (χ1v) is 7.72. The van der Waals surface area contributed by atoms with Gasteiger partial charge < -0.3 is 10.1 Å². The molecule has 2 rings (SSSR count). The minimum atomic E-state index is -4.99. The van der Waals surface area contributed by atoms with Gasteiger partial charge in [0.05, 0.1) is 21.8 Å². The number of carbonyl (C=O) groups is 1. The van der Waals surface area contributed by atoms with E-state index in [1.807, 2.05) is 0 Å². The van der Waals surface area contributed by atoms with Crippen molar-refractivity contribution in [2.45, 2.75) is 12.6 Å². The molecule has 0 unspecified atom stereocenters. The second kappa shape index (κ2) is 7.87. The highest BCUT2D eigenvalue weighted by atomic mass is 79.9. The van der Waals surface area contributed by atoms with Crippen LogP contribution in [0.4, 0.5) is 32.0 Å². The third-order valence-corrected chi connectivity index (χ3v) is 3.83. The van der Waals surface area contributed by atoms with E-state index in [4.69, 9.17) is 10.00 Å². The normalized spacial score (nSPS) is 11.0. The predicted molar refractivity (Wildman–Crippen MR) is 84.4 cm³/mol. The zero-order valence-electron chi connectivity index (χ0n) is 12.9. The number of anilines is 1. The molecule has 0 aliphatic rings. The van der Waals surface area contributed by atoms with E-state index in [1.54, 1.807) is 6.07 Å². The van der Waals surface area contributed by atoms with Crippen molar-refractivity contribution in [1.82, 2.24) is 0 Å². The fourth-order valence-electron chi connectivity index (χ4n) is 1.92. The van der Waals surface area contributed by atoms with Crippen molar-refractivity contribution in [2.24, 2.45) is 0 Å². The minimum absolute atomic E-state index is 0.0134. The van der Waals surface area contributed by atoms with Crippen LogP contribution in [0.3, 0.4) is 0 Å². The molecule has 27 heavy (non-hydrogen) atoms. The quantitative estimate of drug-likeness (QED) is 0.620. The number of benzene rings is 2. The summed E-state index contributed by atoms with van der Waals surface area (Å²) < 4.78 is 84.0. The van der Waals surface area contributed by atoms with Crippen molar-refractivity contribution in [1.29, 1.82) is 5.26 Å². The lowest BCUT2D eigenvalue weighted by atomic mass is 10.2. The molecule has 0 saturated heterocycles. The predicted octanol–water partition coefficient (Wildman–Crippen LogP) is 5.53. The molecule has 4 nitrogen and oxygen atoms in total. The summed E-state index contributed by atoms with van der Waals surface area (Å²) >= 11 is 2.77. The molecular weight excluding hydrogens is 446 g/mol. The molecule has 1 N–H and O–H groups in total. The van der Waals surface area contributed by atoms with Crippen molar-refractivity contribution < 1.29 is 35.9 Å². The van der Waals surface area contributed by atoms with E-state index in [2.05, 4.69) is 21.2 Å². The molecule has 0 aliphatic carbocycles. The number of carbonyl (C=O) groups excluding carboxylic acids is 1. The van der Waals surface area contributed by atoms with Crippen LogP contribution in [0, 0.1) is 28.8 Å². The van der Waals surface area contributed by atoms with Crippen molar-refractivity contribution in [3.63, 3.8) is 0 Å². The van der Waals surface area contributed by atoms with Crippen LogP contribution >= 0.6 is 15.9 Å². The molecule has 0 aromatic heterocycles. The van der Waals surface area contributed by atoms with E-state index in [1.165, 1.54) is 0 Å². The van der Waals surface area contributed by atoms with Gasteiger partial charge in [-0.15, -0.1) is 0 Å². The number of nitrogens with zero attached hydrogens (tertiary/aromatic N) is 1. The summed E-state index contributed by atoms with van der Waals surface area (Å²) in [5.74, 6) is -6.96. The summed E-state index contributed by atoms with van der Waals surface area (Å²) in [6.45, 7) is 0. The largest absolute Gasteiger partial charge is 0.448 e. The van der Waals surface area contributed by atoms with E-state index in [0.29, 0.717) is 0 Å². The van der Waals surface area contributed by atoms with Crippen LogP contribution in [-0.4, -0.2) is 5.91 Å². The van der Waals surface area contributed by atoms with Gasteiger partial charge in [-0.2, -0.15) is 18.4 Å². The van der Waals surface area contributed by atoms with Crippen LogP contribution in [0.1, 0.15) is 12.0 Å². The Morgan fingerprint density at radius 3 is 2.22 bits per heavy atom. The highest BCUT2D eigenvalue weighted by molar-refractivity contribution is 9.10. The highest BCUT2D eigenvalue weighted by Gasteiger charge is 2.33. The second-order valence-electron chi connectivity index (χ2n) is 4.99. The molecule has 0 saturated carbocycles. The van der Waals surface area contributed by atoms with E-state index in [0.717, 1.165) is 12.1 Å². The number of ether oxygens (including phenoxy) is 1. The van der Waals surface area contributed by atoms with Gasteiger partial charge in [-0.1, -0.05) is 0 Å². The maximum Gasteiger partial charge on any atom is 0.416 e. The Hall–Kier alpha value is -2.74. The van der Waals surface area contributed by atoms with Crippen LogP contribution in [0.5, 0.6) is 11.5 Å². The Morgan fingerprint density at radius 1 is 1.11 bits per heavy atom. The Balaban J connectivity index is 2.50. The fraction of sp³-hybridized carbons (Fsp3) is 0.125. The van der Waals surface area contributed by atoms with E-state index < -0.39 is 57.5 Å². The standard InChI is InChI=1S/C16H7BrF6N2O2/c17-13-8(18)1-2-11(25-12(26)3-4-24)15(13)27-14-9(19)5-7(6-10(14)20)16(21,22)23/h1-2,5-6H,3H2,(H,25,26). The molecule has 11 heteroatoms. The van der Waals surface area contributed by atoms with E-state index >= 15 is 0 Å². The molecule has 2 aromatic rings. The van der Waals surface area contributed by atoms with Crippen molar-refractivity contribution in [3.8, 4) is 17.6 Å².